The van der Waals surface area contributed by atoms with Crippen molar-refractivity contribution in [3.63, 3.8) is 0 Å². The van der Waals surface area contributed by atoms with Gasteiger partial charge in [0.15, 0.2) is 0 Å². The Hall–Kier alpha value is -3.38. The van der Waals surface area contributed by atoms with E-state index in [1.165, 1.54) is 18.3 Å². The molecule has 40 heavy (non-hydrogen) atoms. The van der Waals surface area contributed by atoms with Gasteiger partial charge in [-0.3, -0.25) is 9.78 Å². The summed E-state index contributed by atoms with van der Waals surface area (Å²) < 4.78 is 66.5. The summed E-state index contributed by atoms with van der Waals surface area (Å²) in [5.74, 6) is -1.93. The van der Waals surface area contributed by atoms with E-state index >= 15 is 8.78 Å². The van der Waals surface area contributed by atoms with Gasteiger partial charge < -0.3 is 4.74 Å². The number of aromatic nitrogens is 3. The van der Waals surface area contributed by atoms with Gasteiger partial charge in [-0.25, -0.2) is 26.7 Å². The quantitative estimate of drug-likeness (QED) is 0.448. The standard InChI is InChI=1S/C28H32F2N4O5S/c1-17-10-11-24(19-8-6-5-7-9-19)40(37,38)34(17)14-20-12-23(30)21(13-22(20)29)28(25-31-26(36)33(4)32-25)15-27(3,16-28)39-18(2)35/h5-9,12-13,17,24H,10-11,14-16H2,1-4H3,(H,31,32,36)/t17-,24+,27?,28?/m0/s1. The zero-order chi connectivity index (χ0) is 29.0. The molecule has 2 aliphatic rings. The Morgan fingerprint density at radius 2 is 1.82 bits per heavy atom. The van der Waals surface area contributed by atoms with Crippen molar-refractivity contribution in [2.75, 3.05) is 0 Å². The topological polar surface area (TPSA) is 114 Å². The number of nitrogens with zero attached hydrogens (tertiary/aromatic N) is 3. The lowest BCUT2D eigenvalue weighted by Gasteiger charge is -2.52. The van der Waals surface area contributed by atoms with Crippen molar-refractivity contribution in [1.82, 2.24) is 19.1 Å². The SMILES string of the molecule is CC(=O)OC1(C)CC(c2nn(C)c(=O)[nH]2)(c2cc(F)c(CN3[C@@H](C)CC[C@H](c4ccccc4)S3(=O)=O)cc2F)C1. The number of sulfonamides is 1. The highest BCUT2D eigenvalue weighted by Crippen LogP contribution is 2.55. The molecule has 1 aliphatic heterocycles. The van der Waals surface area contributed by atoms with Gasteiger partial charge in [0.25, 0.3) is 0 Å². The second-order valence-corrected chi connectivity index (χ2v) is 13.3. The average molecular weight is 575 g/mol. The van der Waals surface area contributed by atoms with Gasteiger partial charge in [0.05, 0.1) is 5.41 Å². The van der Waals surface area contributed by atoms with E-state index in [2.05, 4.69) is 10.1 Å². The largest absolute Gasteiger partial charge is 0.459 e. The highest BCUT2D eigenvalue weighted by Gasteiger charge is 2.59. The highest BCUT2D eigenvalue weighted by atomic mass is 32.2. The lowest BCUT2D eigenvalue weighted by Crippen LogP contribution is -2.56. The van der Waals surface area contributed by atoms with Gasteiger partial charge >= 0.3 is 11.7 Å². The fourth-order valence-corrected chi connectivity index (χ4v) is 8.53. The molecule has 0 amide bonds. The fourth-order valence-electron chi connectivity index (χ4n) is 6.34. The van der Waals surface area contributed by atoms with E-state index in [0.717, 1.165) is 16.8 Å². The Bertz CT molecular complexity index is 1610. The molecule has 1 saturated heterocycles. The minimum Gasteiger partial charge on any atom is -0.459 e. The number of ether oxygens (including phenoxy) is 1. The molecule has 1 aromatic heterocycles. The molecule has 1 N–H and O–H groups in total. The van der Waals surface area contributed by atoms with Crippen molar-refractivity contribution in [3.8, 4) is 0 Å². The molecular weight excluding hydrogens is 542 g/mol. The van der Waals surface area contributed by atoms with Crippen LogP contribution in [0.5, 0.6) is 0 Å². The number of hydrogen-bond acceptors (Lipinski definition) is 6. The fraction of sp³-hybridized carbons (Fsp3) is 0.464. The first-order chi connectivity index (χ1) is 18.8. The first-order valence-corrected chi connectivity index (χ1v) is 14.6. The number of hydrogen-bond donors (Lipinski definition) is 1. The van der Waals surface area contributed by atoms with Gasteiger partial charge in [-0.15, -0.1) is 0 Å². The van der Waals surface area contributed by atoms with Crippen LogP contribution in [0.1, 0.15) is 74.2 Å². The number of H-pyrrole nitrogens is 1. The van der Waals surface area contributed by atoms with E-state index in [4.69, 9.17) is 4.74 Å². The molecular formula is C28H32F2N4O5S. The average Bonchev–Trinajstić information content (AvgIpc) is 3.20. The minimum atomic E-state index is -3.86. The summed E-state index contributed by atoms with van der Waals surface area (Å²) in [6.07, 6.45) is 1.15. The number of carbonyl (C=O) groups excluding carboxylic acids is 1. The van der Waals surface area contributed by atoms with Crippen molar-refractivity contribution in [2.45, 2.75) is 75.3 Å². The normalized spacial score (nSPS) is 28.1. The van der Waals surface area contributed by atoms with Crippen LogP contribution in [0.4, 0.5) is 8.78 Å². The summed E-state index contributed by atoms with van der Waals surface area (Å²) in [5.41, 5.74) is -2.23. The minimum absolute atomic E-state index is 0.0514. The summed E-state index contributed by atoms with van der Waals surface area (Å²) in [7, 11) is -2.42. The van der Waals surface area contributed by atoms with Crippen LogP contribution in [0.3, 0.4) is 0 Å². The van der Waals surface area contributed by atoms with Crippen LogP contribution in [0, 0.1) is 11.6 Å². The monoisotopic (exact) mass is 574 g/mol. The molecule has 2 atom stereocenters. The molecule has 9 nitrogen and oxygen atoms in total. The third-order valence-electron chi connectivity index (χ3n) is 8.14. The van der Waals surface area contributed by atoms with E-state index in [0.29, 0.717) is 18.4 Å². The lowest BCUT2D eigenvalue weighted by atomic mass is 9.56. The Kier molecular flexibility index (Phi) is 6.98. The number of carbonyl (C=O) groups is 1. The molecule has 2 aromatic carbocycles. The van der Waals surface area contributed by atoms with Gasteiger partial charge in [-0.1, -0.05) is 30.3 Å². The van der Waals surface area contributed by atoms with Crippen molar-refractivity contribution < 1.29 is 26.7 Å². The van der Waals surface area contributed by atoms with Gasteiger partial charge in [0, 0.05) is 50.5 Å². The Labute approximate surface area is 231 Å². The van der Waals surface area contributed by atoms with Gasteiger partial charge in [0.2, 0.25) is 10.0 Å². The van der Waals surface area contributed by atoms with E-state index in [1.54, 1.807) is 38.1 Å². The van der Waals surface area contributed by atoms with E-state index in [-0.39, 0.29) is 36.3 Å². The number of benzene rings is 2. The molecule has 5 rings (SSSR count). The molecule has 2 fully saturated rings. The van der Waals surface area contributed by atoms with Crippen molar-refractivity contribution in [1.29, 1.82) is 0 Å². The van der Waals surface area contributed by atoms with Gasteiger partial charge in [0.1, 0.15) is 28.3 Å². The van der Waals surface area contributed by atoms with Crippen LogP contribution < -0.4 is 5.69 Å². The number of nitrogens with one attached hydrogen (secondary N) is 1. The smallest absolute Gasteiger partial charge is 0.343 e. The predicted molar refractivity (Wildman–Crippen MR) is 143 cm³/mol. The van der Waals surface area contributed by atoms with Crippen LogP contribution in [-0.4, -0.2) is 45.1 Å². The summed E-state index contributed by atoms with van der Waals surface area (Å²) in [5, 5.41) is 3.44. The van der Waals surface area contributed by atoms with Crippen LogP contribution in [0.25, 0.3) is 0 Å². The zero-order valence-electron chi connectivity index (χ0n) is 22.8. The molecule has 0 spiro atoms. The van der Waals surface area contributed by atoms with Gasteiger partial charge in [-0.05, 0) is 44.4 Å². The van der Waals surface area contributed by atoms with Crippen molar-refractivity contribution >= 4 is 16.0 Å². The lowest BCUT2D eigenvalue weighted by molar-refractivity contribution is -0.171. The van der Waals surface area contributed by atoms with E-state index in [1.807, 2.05) is 6.07 Å². The number of halogens is 2. The molecule has 3 aromatic rings. The van der Waals surface area contributed by atoms with Gasteiger partial charge in [-0.2, -0.15) is 9.40 Å². The maximum Gasteiger partial charge on any atom is 0.343 e. The first-order valence-electron chi connectivity index (χ1n) is 13.1. The first kappa shape index (κ1) is 28.2. The second-order valence-electron chi connectivity index (χ2n) is 11.2. The highest BCUT2D eigenvalue weighted by molar-refractivity contribution is 7.89. The molecule has 2 heterocycles. The van der Waals surface area contributed by atoms with Crippen molar-refractivity contribution in [2.24, 2.45) is 7.05 Å². The number of aromatic amines is 1. The maximum atomic E-state index is 15.9. The maximum absolute atomic E-state index is 15.9. The Balaban J connectivity index is 1.51. The zero-order valence-corrected chi connectivity index (χ0v) is 23.6. The third-order valence-corrected chi connectivity index (χ3v) is 10.5. The second kappa shape index (κ2) is 9.91. The van der Waals surface area contributed by atoms with Crippen LogP contribution in [0.15, 0.2) is 47.3 Å². The number of rotatable bonds is 6. The molecule has 12 heteroatoms. The molecule has 1 saturated carbocycles. The molecule has 0 radical (unpaired) electrons. The van der Waals surface area contributed by atoms with Crippen LogP contribution in [0.2, 0.25) is 0 Å². The third kappa shape index (κ3) is 4.77. The number of esters is 1. The van der Waals surface area contributed by atoms with E-state index in [9.17, 15) is 18.0 Å². The number of aryl methyl sites for hydroxylation is 1. The Morgan fingerprint density at radius 1 is 1.15 bits per heavy atom. The van der Waals surface area contributed by atoms with Crippen molar-refractivity contribution in [3.05, 3.63) is 87.1 Å². The summed E-state index contributed by atoms with van der Waals surface area (Å²) >= 11 is 0. The molecule has 0 unspecified atom stereocenters. The molecule has 0 bridgehead atoms. The van der Waals surface area contributed by atoms with E-state index < -0.39 is 55.6 Å². The molecule has 214 valence electrons. The van der Waals surface area contributed by atoms with Crippen LogP contribution in [-0.2, 0) is 38.6 Å². The summed E-state index contributed by atoms with van der Waals surface area (Å²) in [6.45, 7) is 4.38. The Morgan fingerprint density at radius 3 is 2.42 bits per heavy atom. The predicted octanol–water partition coefficient (Wildman–Crippen LogP) is 3.84. The summed E-state index contributed by atoms with van der Waals surface area (Å²) in [6, 6.07) is 10.5. The van der Waals surface area contributed by atoms with Crippen LogP contribution >= 0.6 is 0 Å². The molecule has 1 aliphatic carbocycles. The summed E-state index contributed by atoms with van der Waals surface area (Å²) in [4.78, 5) is 26.4.